The van der Waals surface area contributed by atoms with Crippen LogP contribution in [0.25, 0.3) is 11.0 Å². The molecule has 2 unspecified atom stereocenters. The van der Waals surface area contributed by atoms with Gasteiger partial charge in [0.1, 0.15) is 23.4 Å². The van der Waals surface area contributed by atoms with Crippen LogP contribution in [-0.2, 0) is 14.4 Å². The van der Waals surface area contributed by atoms with Crippen LogP contribution in [0.15, 0.2) is 82.4 Å². The molecule has 236 valence electrons. The predicted octanol–water partition coefficient (Wildman–Crippen LogP) is 3.94. The Morgan fingerprint density at radius 2 is 1.93 bits per heavy atom. The number of fused-ring (bicyclic) bond motifs is 2. The molecule has 2 aliphatic rings. The van der Waals surface area contributed by atoms with Crippen LogP contribution in [0.2, 0.25) is 0 Å². The van der Waals surface area contributed by atoms with Gasteiger partial charge in [0.05, 0.1) is 11.1 Å². The van der Waals surface area contributed by atoms with E-state index in [1.807, 2.05) is 49.5 Å². The molecule has 5 amide bonds. The summed E-state index contributed by atoms with van der Waals surface area (Å²) in [6.45, 7) is 1.27. The van der Waals surface area contributed by atoms with Gasteiger partial charge in [-0.25, -0.2) is 0 Å². The van der Waals surface area contributed by atoms with Crippen molar-refractivity contribution < 1.29 is 28.4 Å². The minimum atomic E-state index is -0.993. The van der Waals surface area contributed by atoms with Crippen LogP contribution in [0.3, 0.4) is 0 Å². The summed E-state index contributed by atoms with van der Waals surface area (Å²) in [6, 6.07) is 17.1. The van der Waals surface area contributed by atoms with Gasteiger partial charge in [0.25, 0.3) is 11.8 Å². The molecule has 2 aromatic carbocycles. The lowest BCUT2D eigenvalue weighted by molar-refractivity contribution is -0.136. The van der Waals surface area contributed by atoms with E-state index in [2.05, 4.69) is 20.5 Å². The van der Waals surface area contributed by atoms with Crippen molar-refractivity contribution in [1.82, 2.24) is 25.4 Å². The highest BCUT2D eigenvalue weighted by atomic mass is 32.2. The van der Waals surface area contributed by atoms with Crippen LogP contribution in [0.4, 0.5) is 0 Å². The quantitative estimate of drug-likeness (QED) is 0.134. The maximum absolute atomic E-state index is 13.3. The van der Waals surface area contributed by atoms with E-state index in [9.17, 15) is 24.0 Å². The lowest BCUT2D eigenvalue weighted by Gasteiger charge is -2.27. The van der Waals surface area contributed by atoms with E-state index in [1.54, 1.807) is 30.6 Å². The fourth-order valence-electron chi connectivity index (χ4n) is 5.77. The highest BCUT2D eigenvalue weighted by Crippen LogP contribution is 2.35. The van der Waals surface area contributed by atoms with Gasteiger partial charge in [-0.05, 0) is 62.5 Å². The number of carbonyl (C=O) groups is 5. The van der Waals surface area contributed by atoms with Gasteiger partial charge in [-0.3, -0.25) is 39.2 Å². The Morgan fingerprint density at radius 1 is 1.09 bits per heavy atom. The van der Waals surface area contributed by atoms with Crippen LogP contribution in [0.5, 0.6) is 0 Å². The number of imide groups is 2. The molecule has 4 heterocycles. The van der Waals surface area contributed by atoms with Crippen molar-refractivity contribution >= 4 is 52.3 Å². The number of nitrogens with zero attached hydrogens (tertiary/aromatic N) is 3. The van der Waals surface area contributed by atoms with E-state index in [4.69, 9.17) is 4.42 Å². The summed E-state index contributed by atoms with van der Waals surface area (Å²) < 4.78 is 6.07. The molecule has 11 nitrogen and oxygen atoms in total. The predicted molar refractivity (Wildman–Crippen MR) is 171 cm³/mol. The van der Waals surface area contributed by atoms with Crippen LogP contribution in [0.1, 0.15) is 63.8 Å². The SMILES string of the molecule is CN(CCCSc1cccc2c1C(=O)N(C1CCC(=O)NC1=O)C2=O)CCC(=O)NC(c1cccnc1)c1cc2ccccc2o1. The van der Waals surface area contributed by atoms with E-state index >= 15 is 0 Å². The lowest BCUT2D eigenvalue weighted by Crippen LogP contribution is -2.54. The van der Waals surface area contributed by atoms with E-state index in [0.29, 0.717) is 34.9 Å². The Balaban J connectivity index is 1.00. The molecule has 12 heteroatoms. The number of para-hydroxylation sites is 1. The van der Waals surface area contributed by atoms with Crippen molar-refractivity contribution in [3.8, 4) is 0 Å². The molecule has 4 aromatic rings. The van der Waals surface area contributed by atoms with Crippen LogP contribution < -0.4 is 10.6 Å². The number of hydrogen-bond donors (Lipinski definition) is 2. The molecule has 0 radical (unpaired) electrons. The Kier molecular flexibility index (Phi) is 9.27. The fraction of sp³-hybridized carbons (Fsp3) is 0.294. The molecule has 0 bridgehead atoms. The molecule has 0 aliphatic carbocycles. The fourth-order valence-corrected chi connectivity index (χ4v) is 6.78. The van der Waals surface area contributed by atoms with Crippen LogP contribution >= 0.6 is 11.8 Å². The van der Waals surface area contributed by atoms with Crippen molar-refractivity contribution in [1.29, 1.82) is 0 Å². The van der Waals surface area contributed by atoms with E-state index in [1.165, 1.54) is 11.8 Å². The molecule has 0 saturated carbocycles. The minimum Gasteiger partial charge on any atom is -0.459 e. The zero-order valence-corrected chi connectivity index (χ0v) is 26.0. The summed E-state index contributed by atoms with van der Waals surface area (Å²) in [5, 5.41) is 6.29. The molecule has 2 atom stereocenters. The van der Waals surface area contributed by atoms with Crippen molar-refractivity contribution in [3.05, 3.63) is 95.5 Å². The zero-order chi connectivity index (χ0) is 32.2. The third kappa shape index (κ3) is 6.58. The maximum atomic E-state index is 13.3. The molecule has 2 N–H and O–H groups in total. The molecule has 46 heavy (non-hydrogen) atoms. The van der Waals surface area contributed by atoms with E-state index in [0.717, 1.165) is 34.4 Å². The monoisotopic (exact) mass is 639 g/mol. The average molecular weight is 640 g/mol. The number of piperidine rings is 1. The van der Waals surface area contributed by atoms with Crippen molar-refractivity contribution in [3.63, 3.8) is 0 Å². The van der Waals surface area contributed by atoms with Gasteiger partial charge in [-0.2, -0.15) is 0 Å². The Labute approximate surface area is 269 Å². The van der Waals surface area contributed by atoms with Gasteiger partial charge in [0, 0.05) is 47.6 Å². The van der Waals surface area contributed by atoms with Gasteiger partial charge in [0.15, 0.2) is 0 Å². The smallest absolute Gasteiger partial charge is 0.263 e. The highest BCUT2D eigenvalue weighted by molar-refractivity contribution is 7.99. The standard InChI is InChI=1S/C34H33N5O6S/c1-38(17-14-29(41)36-31(22-8-5-15-35-20-22)26-19-21-7-2-3-10-25(21)45-26)16-6-18-46-27-11-4-9-23-30(27)34(44)39(33(23)43)24-12-13-28(40)37-32(24)42/h2-5,7-11,15,19-20,24,31H,6,12-14,16-18H2,1H3,(H,36,41)(H,37,40,42). The third-order valence-corrected chi connectivity index (χ3v) is 9.29. The zero-order valence-electron chi connectivity index (χ0n) is 25.2. The van der Waals surface area contributed by atoms with E-state index < -0.39 is 35.7 Å². The molecule has 1 fully saturated rings. The first-order valence-corrected chi connectivity index (χ1v) is 16.1. The average Bonchev–Trinajstić information content (AvgIpc) is 3.60. The second kappa shape index (κ2) is 13.7. The lowest BCUT2D eigenvalue weighted by atomic mass is 10.0. The minimum absolute atomic E-state index is 0.0764. The second-order valence-electron chi connectivity index (χ2n) is 11.4. The van der Waals surface area contributed by atoms with Gasteiger partial charge in [0.2, 0.25) is 17.7 Å². The number of hydrogen-bond acceptors (Lipinski definition) is 9. The summed E-state index contributed by atoms with van der Waals surface area (Å²) in [7, 11) is 1.95. The Morgan fingerprint density at radius 3 is 2.72 bits per heavy atom. The Bertz CT molecular complexity index is 1780. The number of aromatic nitrogens is 1. The van der Waals surface area contributed by atoms with Gasteiger partial charge in [-0.1, -0.05) is 30.3 Å². The molecule has 2 aromatic heterocycles. The van der Waals surface area contributed by atoms with Crippen molar-refractivity contribution in [2.75, 3.05) is 25.9 Å². The number of rotatable bonds is 12. The summed E-state index contributed by atoms with van der Waals surface area (Å²) in [4.78, 5) is 71.4. The topological polar surface area (TPSA) is 142 Å². The summed E-state index contributed by atoms with van der Waals surface area (Å²) in [6.07, 6.45) is 4.68. The number of amides is 5. The molecule has 2 aliphatic heterocycles. The van der Waals surface area contributed by atoms with Crippen LogP contribution in [0, 0.1) is 0 Å². The summed E-state index contributed by atoms with van der Waals surface area (Å²) >= 11 is 1.48. The van der Waals surface area contributed by atoms with Gasteiger partial charge in [-0.15, -0.1) is 11.8 Å². The number of nitrogens with one attached hydrogen (secondary N) is 2. The third-order valence-electron chi connectivity index (χ3n) is 8.14. The Hall–Kier alpha value is -4.81. The normalized spacial score (nSPS) is 17.0. The van der Waals surface area contributed by atoms with E-state index in [-0.39, 0.29) is 24.3 Å². The molecule has 0 spiro atoms. The number of thioether (sulfide) groups is 1. The van der Waals surface area contributed by atoms with Gasteiger partial charge >= 0.3 is 0 Å². The van der Waals surface area contributed by atoms with Crippen LogP contribution in [-0.4, -0.2) is 76.3 Å². The summed E-state index contributed by atoms with van der Waals surface area (Å²) in [5.41, 5.74) is 2.16. The molecule has 1 saturated heterocycles. The highest BCUT2D eigenvalue weighted by Gasteiger charge is 2.45. The number of furan rings is 1. The van der Waals surface area contributed by atoms with Crippen molar-refractivity contribution in [2.24, 2.45) is 0 Å². The first-order chi connectivity index (χ1) is 22.3. The first kappa shape index (κ1) is 31.2. The number of pyridine rings is 1. The maximum Gasteiger partial charge on any atom is 0.263 e. The molecular weight excluding hydrogens is 606 g/mol. The number of carbonyl (C=O) groups excluding carboxylic acids is 5. The molecule has 6 rings (SSSR count). The molecular formula is C34H33N5O6S. The van der Waals surface area contributed by atoms with Crippen molar-refractivity contribution in [2.45, 2.75) is 42.7 Å². The number of benzene rings is 2. The summed E-state index contributed by atoms with van der Waals surface area (Å²) in [5.74, 6) is -0.842. The second-order valence-corrected chi connectivity index (χ2v) is 12.5. The largest absolute Gasteiger partial charge is 0.459 e. The first-order valence-electron chi connectivity index (χ1n) is 15.1. The van der Waals surface area contributed by atoms with Gasteiger partial charge < -0.3 is 14.6 Å².